The highest BCUT2D eigenvalue weighted by Crippen LogP contribution is 2.38. The third kappa shape index (κ3) is 64.0. The first-order chi connectivity index (χ1) is 39.0. The summed E-state index contributed by atoms with van der Waals surface area (Å²) in [6.45, 7) is 4.67. The summed E-state index contributed by atoms with van der Waals surface area (Å²) < 4.78 is 23.4. The van der Waals surface area contributed by atoms with Gasteiger partial charge in [-0.2, -0.15) is 0 Å². The van der Waals surface area contributed by atoms with E-state index in [9.17, 15) is 19.4 Å². The van der Waals surface area contributed by atoms with Crippen molar-refractivity contribution in [2.45, 2.75) is 360 Å². The third-order valence-corrected chi connectivity index (χ3v) is 17.0. The Kier molecular flexibility index (Phi) is 60.8. The molecule has 0 spiro atoms. The Balaban J connectivity index is 4.04. The predicted octanol–water partition coefficient (Wildman–Crippen LogP) is 21.6. The van der Waals surface area contributed by atoms with Crippen LogP contribution < -0.4 is 10.2 Å². The zero-order valence-electron chi connectivity index (χ0n) is 54.0. The summed E-state index contributed by atoms with van der Waals surface area (Å²) in [6, 6.07) is -0.910. The Morgan fingerprint density at radius 3 is 1.01 bits per heavy atom. The van der Waals surface area contributed by atoms with E-state index in [2.05, 4.69) is 55.6 Å². The number of rotatable bonds is 65. The fourth-order valence-electron chi connectivity index (χ4n) is 10.5. The minimum atomic E-state index is -4.61. The minimum Gasteiger partial charge on any atom is -0.756 e. The first kappa shape index (κ1) is 78.5. The topological polar surface area (TPSA) is 108 Å². The first-order valence-corrected chi connectivity index (χ1v) is 36.5. The number of likely N-dealkylation sites (N-methyl/N-ethyl adjacent to an activating group) is 1. The molecule has 1 amide bonds. The standard InChI is InChI=1S/C71H137N2O6P/c1-6-8-10-12-14-16-18-20-22-24-26-28-30-31-32-33-34-35-36-37-38-39-40-41-43-45-47-49-51-53-55-57-59-61-63-65-71(75)72-69(68-79-80(76,77)78-67-66-73(3,4)5)70(74)64-62-60-58-56-54-52-50-48-46-44-42-29-27-25-23-21-19-17-15-13-11-9-7-2/h24,26,46,48,54,56,62,64,69-70,74H,6-23,25,27-45,47,49-53,55,57-61,63,65-68H2,1-5H3,(H-,72,75,76,77)/b26-24-,48-46+,56-54+,64-62+. The molecule has 0 radical (unpaired) electrons. The molecule has 472 valence electrons. The van der Waals surface area contributed by atoms with Gasteiger partial charge in [-0.1, -0.05) is 319 Å². The van der Waals surface area contributed by atoms with Crippen molar-refractivity contribution >= 4 is 13.7 Å². The van der Waals surface area contributed by atoms with Crippen LogP contribution in [0.1, 0.15) is 348 Å². The molecule has 0 aromatic heterocycles. The van der Waals surface area contributed by atoms with Gasteiger partial charge in [0.2, 0.25) is 5.91 Å². The monoisotopic (exact) mass is 1150 g/mol. The summed E-state index contributed by atoms with van der Waals surface area (Å²) in [5.74, 6) is -0.205. The van der Waals surface area contributed by atoms with Crippen LogP contribution >= 0.6 is 7.82 Å². The van der Waals surface area contributed by atoms with Crippen LogP contribution in [-0.2, 0) is 18.4 Å². The molecule has 3 atom stereocenters. The van der Waals surface area contributed by atoms with Crippen molar-refractivity contribution in [1.29, 1.82) is 0 Å². The summed E-state index contributed by atoms with van der Waals surface area (Å²) in [5.41, 5.74) is 0. The minimum absolute atomic E-state index is 0.00796. The van der Waals surface area contributed by atoms with Crippen molar-refractivity contribution < 1.29 is 32.9 Å². The number of hydrogen-bond acceptors (Lipinski definition) is 6. The van der Waals surface area contributed by atoms with E-state index in [0.29, 0.717) is 17.4 Å². The van der Waals surface area contributed by atoms with E-state index in [1.165, 1.54) is 283 Å². The van der Waals surface area contributed by atoms with Crippen molar-refractivity contribution in [3.8, 4) is 0 Å². The third-order valence-electron chi connectivity index (χ3n) is 16.0. The van der Waals surface area contributed by atoms with Crippen molar-refractivity contribution in [3.05, 3.63) is 48.6 Å². The largest absolute Gasteiger partial charge is 0.756 e. The van der Waals surface area contributed by atoms with Crippen LogP contribution in [0.4, 0.5) is 0 Å². The second-order valence-electron chi connectivity index (χ2n) is 25.2. The van der Waals surface area contributed by atoms with Crippen LogP contribution in [0.15, 0.2) is 48.6 Å². The molecule has 0 heterocycles. The van der Waals surface area contributed by atoms with Gasteiger partial charge >= 0.3 is 0 Å². The average Bonchev–Trinajstić information content (AvgIpc) is 3.42. The van der Waals surface area contributed by atoms with Crippen molar-refractivity contribution in [1.82, 2.24) is 5.32 Å². The van der Waals surface area contributed by atoms with Gasteiger partial charge in [0.05, 0.1) is 39.9 Å². The lowest BCUT2D eigenvalue weighted by molar-refractivity contribution is -0.870. The molecule has 0 rings (SSSR count). The number of nitrogens with zero attached hydrogens (tertiary/aromatic N) is 1. The second-order valence-corrected chi connectivity index (χ2v) is 26.6. The highest BCUT2D eigenvalue weighted by molar-refractivity contribution is 7.45. The van der Waals surface area contributed by atoms with Crippen molar-refractivity contribution in [2.24, 2.45) is 0 Å². The van der Waals surface area contributed by atoms with E-state index in [1.54, 1.807) is 6.08 Å². The van der Waals surface area contributed by atoms with Crippen LogP contribution in [0.2, 0.25) is 0 Å². The van der Waals surface area contributed by atoms with Crippen LogP contribution in [0.3, 0.4) is 0 Å². The van der Waals surface area contributed by atoms with Gasteiger partial charge in [0.15, 0.2) is 0 Å². The Bertz CT molecular complexity index is 1440. The number of amides is 1. The first-order valence-electron chi connectivity index (χ1n) is 35.0. The van der Waals surface area contributed by atoms with Gasteiger partial charge in [-0.25, -0.2) is 0 Å². The molecule has 0 aromatic rings. The van der Waals surface area contributed by atoms with E-state index >= 15 is 0 Å². The van der Waals surface area contributed by atoms with E-state index in [-0.39, 0.29) is 12.5 Å². The maximum atomic E-state index is 13.0. The molecule has 0 bridgehead atoms. The van der Waals surface area contributed by atoms with Gasteiger partial charge in [-0.15, -0.1) is 0 Å². The van der Waals surface area contributed by atoms with Crippen LogP contribution in [0.5, 0.6) is 0 Å². The predicted molar refractivity (Wildman–Crippen MR) is 348 cm³/mol. The van der Waals surface area contributed by atoms with Gasteiger partial charge < -0.3 is 28.8 Å². The molecular formula is C71H137N2O6P. The van der Waals surface area contributed by atoms with Crippen molar-refractivity contribution in [2.75, 3.05) is 40.9 Å². The maximum absolute atomic E-state index is 13.0. The zero-order chi connectivity index (χ0) is 58.4. The number of nitrogens with one attached hydrogen (secondary N) is 1. The Labute approximate surface area is 499 Å². The Hall–Kier alpha value is -1.54. The lowest BCUT2D eigenvalue weighted by atomic mass is 10.0. The highest BCUT2D eigenvalue weighted by atomic mass is 31.2. The smallest absolute Gasteiger partial charge is 0.268 e. The number of aliphatic hydroxyl groups excluding tert-OH is 1. The Morgan fingerprint density at radius 2 is 0.700 bits per heavy atom. The zero-order valence-corrected chi connectivity index (χ0v) is 54.9. The van der Waals surface area contributed by atoms with Gasteiger partial charge in [0, 0.05) is 6.42 Å². The van der Waals surface area contributed by atoms with Crippen LogP contribution in [0.25, 0.3) is 0 Å². The van der Waals surface area contributed by atoms with Gasteiger partial charge in [0.25, 0.3) is 7.82 Å². The Morgan fingerprint density at radius 1 is 0.425 bits per heavy atom. The summed E-state index contributed by atoms with van der Waals surface area (Å²) in [6.07, 6.45) is 83.9. The van der Waals surface area contributed by atoms with E-state index in [0.717, 1.165) is 44.9 Å². The SMILES string of the molecule is CCCCCCCCCC/C=C\CCCCCCCCCCCCCCCCCCCCCCCCCC(=O)NC(COP(=O)([O-])OCC[N+](C)(C)C)C(O)/C=C/CC/C=C/CC/C=C/CCCCCCCCCCCCCCC. The quantitative estimate of drug-likeness (QED) is 0.0272. The molecule has 0 saturated carbocycles. The van der Waals surface area contributed by atoms with Gasteiger partial charge in [0.1, 0.15) is 13.2 Å². The fraction of sp³-hybridized carbons (Fsp3) is 0.873. The number of allylic oxidation sites excluding steroid dienone is 7. The normalized spacial score (nSPS) is 13.9. The van der Waals surface area contributed by atoms with E-state index in [4.69, 9.17) is 9.05 Å². The number of phosphoric acid groups is 1. The molecule has 0 aromatic carbocycles. The number of carbonyl (C=O) groups is 1. The summed E-state index contributed by atoms with van der Waals surface area (Å²) in [5, 5.41) is 13.9. The van der Waals surface area contributed by atoms with Crippen LogP contribution in [0, 0.1) is 0 Å². The highest BCUT2D eigenvalue weighted by Gasteiger charge is 2.23. The van der Waals surface area contributed by atoms with Crippen molar-refractivity contribution in [3.63, 3.8) is 0 Å². The van der Waals surface area contributed by atoms with Crippen LogP contribution in [-0.4, -0.2) is 68.5 Å². The average molecular weight is 1150 g/mol. The second kappa shape index (κ2) is 62.0. The molecule has 2 N–H and O–H groups in total. The molecule has 0 aliphatic rings. The van der Waals surface area contributed by atoms with Gasteiger partial charge in [-0.05, 0) is 70.6 Å². The molecule has 0 aliphatic heterocycles. The lowest BCUT2D eigenvalue weighted by Crippen LogP contribution is -2.45. The fourth-order valence-corrected chi connectivity index (χ4v) is 11.3. The molecule has 0 fully saturated rings. The van der Waals surface area contributed by atoms with E-state index in [1.807, 2.05) is 27.2 Å². The summed E-state index contributed by atoms with van der Waals surface area (Å²) in [7, 11) is 1.25. The number of aliphatic hydroxyl groups is 1. The number of phosphoric ester groups is 1. The number of carbonyl (C=O) groups excluding carboxylic acids is 1. The number of quaternary nitrogens is 1. The molecule has 3 unspecified atom stereocenters. The maximum Gasteiger partial charge on any atom is 0.268 e. The molecule has 0 aliphatic carbocycles. The summed E-state index contributed by atoms with van der Waals surface area (Å²) in [4.78, 5) is 25.6. The molecule has 0 saturated heterocycles. The number of hydrogen-bond donors (Lipinski definition) is 2. The number of unbranched alkanes of at least 4 members (excludes halogenated alkanes) is 46. The lowest BCUT2D eigenvalue weighted by Gasteiger charge is -2.29. The van der Waals surface area contributed by atoms with Gasteiger partial charge in [-0.3, -0.25) is 9.36 Å². The molecule has 80 heavy (non-hydrogen) atoms. The molecule has 9 heteroatoms. The van der Waals surface area contributed by atoms with E-state index < -0.39 is 26.6 Å². The molecular weight excluding hydrogens is 1010 g/mol. The molecule has 8 nitrogen and oxygen atoms in total. The summed E-state index contributed by atoms with van der Waals surface area (Å²) >= 11 is 0.